The maximum Gasteiger partial charge on any atom is 0.329 e. The van der Waals surface area contributed by atoms with Crippen molar-refractivity contribution in [3.63, 3.8) is 0 Å². The Kier molecular flexibility index (Phi) is 3.63. The molecule has 3 amide bonds. The van der Waals surface area contributed by atoms with Gasteiger partial charge in [0.05, 0.1) is 11.9 Å². The van der Waals surface area contributed by atoms with Crippen molar-refractivity contribution >= 4 is 29.4 Å². The molecule has 0 spiro atoms. The van der Waals surface area contributed by atoms with Crippen LogP contribution in [-0.2, 0) is 4.79 Å². The Morgan fingerprint density at radius 2 is 2.35 bits per heavy atom. The molecule has 6 heteroatoms. The van der Waals surface area contributed by atoms with Crippen LogP contribution in [0.15, 0.2) is 24.5 Å². The van der Waals surface area contributed by atoms with E-state index >= 15 is 0 Å². The summed E-state index contributed by atoms with van der Waals surface area (Å²) in [6, 6.07) is 2.62. The number of amides is 3. The molecule has 1 aliphatic heterocycles. The summed E-state index contributed by atoms with van der Waals surface area (Å²) in [4.78, 5) is 28.8. The van der Waals surface area contributed by atoms with Crippen molar-refractivity contribution in [1.82, 2.24) is 10.3 Å². The minimum absolute atomic E-state index is 0.197. The molecule has 1 atom stereocenters. The van der Waals surface area contributed by atoms with E-state index in [-0.39, 0.29) is 11.9 Å². The predicted octanol–water partition coefficient (Wildman–Crippen LogP) is 1.26. The smallest absolute Gasteiger partial charge is 0.325 e. The fraction of sp³-hybridized carbons (Fsp3) is 0.364. The maximum absolute atomic E-state index is 12.0. The summed E-state index contributed by atoms with van der Waals surface area (Å²) in [5.41, 5.74) is 0.515. The number of aromatic nitrogens is 1. The van der Waals surface area contributed by atoms with Gasteiger partial charge in [0.15, 0.2) is 0 Å². The number of carbonyl (C=O) groups is 2. The van der Waals surface area contributed by atoms with E-state index in [1.807, 2.05) is 6.26 Å². The summed E-state index contributed by atoms with van der Waals surface area (Å²) in [5, 5.41) is 2.68. The highest BCUT2D eigenvalue weighted by Crippen LogP contribution is 2.19. The Hall–Kier alpha value is -1.56. The maximum atomic E-state index is 12.0. The third-order valence-corrected chi connectivity index (χ3v) is 3.18. The Morgan fingerprint density at radius 3 is 3.00 bits per heavy atom. The minimum Gasteiger partial charge on any atom is -0.325 e. The molecule has 1 N–H and O–H groups in total. The second-order valence-corrected chi connectivity index (χ2v) is 4.65. The zero-order valence-electron chi connectivity index (χ0n) is 9.42. The van der Waals surface area contributed by atoms with Crippen molar-refractivity contribution in [3.05, 3.63) is 24.5 Å². The van der Waals surface area contributed by atoms with Crippen LogP contribution in [0.1, 0.15) is 6.42 Å². The Balaban J connectivity index is 2.15. The number of anilines is 1. The van der Waals surface area contributed by atoms with Crippen LogP contribution in [0.4, 0.5) is 10.5 Å². The van der Waals surface area contributed by atoms with Gasteiger partial charge in [-0.15, -0.1) is 0 Å². The van der Waals surface area contributed by atoms with Gasteiger partial charge in [0.1, 0.15) is 6.04 Å². The van der Waals surface area contributed by atoms with Crippen LogP contribution in [0.25, 0.3) is 0 Å². The van der Waals surface area contributed by atoms with Crippen LogP contribution in [0.3, 0.4) is 0 Å². The van der Waals surface area contributed by atoms with Gasteiger partial charge >= 0.3 is 6.03 Å². The number of pyridine rings is 1. The van der Waals surface area contributed by atoms with Gasteiger partial charge in [-0.25, -0.2) is 9.69 Å². The summed E-state index contributed by atoms with van der Waals surface area (Å²) in [6.07, 6.45) is 5.74. The zero-order valence-corrected chi connectivity index (χ0v) is 10.2. The molecule has 90 valence electrons. The average molecular weight is 251 g/mol. The Bertz CT molecular complexity index is 424. The minimum atomic E-state index is -0.407. The number of carbonyl (C=O) groups excluding carboxylic acids is 2. The summed E-state index contributed by atoms with van der Waals surface area (Å²) >= 11 is 1.65. The van der Waals surface area contributed by atoms with Gasteiger partial charge in [-0.05, 0) is 30.6 Å². The van der Waals surface area contributed by atoms with E-state index in [1.165, 1.54) is 6.20 Å². The molecule has 5 nitrogen and oxygen atoms in total. The second-order valence-electron chi connectivity index (χ2n) is 3.67. The van der Waals surface area contributed by atoms with Crippen molar-refractivity contribution in [2.24, 2.45) is 0 Å². The lowest BCUT2D eigenvalue weighted by molar-refractivity contribution is -0.118. The topological polar surface area (TPSA) is 62.3 Å². The van der Waals surface area contributed by atoms with Gasteiger partial charge in [0.2, 0.25) is 0 Å². The molecule has 0 radical (unpaired) electrons. The third kappa shape index (κ3) is 2.41. The molecular formula is C11H13N3O2S. The summed E-state index contributed by atoms with van der Waals surface area (Å²) in [6.45, 7) is 0. The van der Waals surface area contributed by atoms with Gasteiger partial charge in [-0.3, -0.25) is 9.78 Å². The Morgan fingerprint density at radius 1 is 1.53 bits per heavy atom. The van der Waals surface area contributed by atoms with E-state index in [1.54, 1.807) is 30.1 Å². The van der Waals surface area contributed by atoms with Gasteiger partial charge < -0.3 is 5.32 Å². The van der Waals surface area contributed by atoms with Gasteiger partial charge in [-0.2, -0.15) is 11.8 Å². The number of nitrogens with zero attached hydrogens (tertiary/aromatic N) is 2. The van der Waals surface area contributed by atoms with E-state index in [9.17, 15) is 9.59 Å². The normalized spacial score (nSPS) is 19.6. The summed E-state index contributed by atoms with van der Waals surface area (Å²) in [7, 11) is 0. The third-order valence-electron chi connectivity index (χ3n) is 2.53. The van der Waals surface area contributed by atoms with E-state index in [0.717, 1.165) is 10.7 Å². The summed E-state index contributed by atoms with van der Waals surface area (Å²) < 4.78 is 0. The van der Waals surface area contributed by atoms with Crippen molar-refractivity contribution in [2.75, 3.05) is 16.9 Å². The van der Waals surface area contributed by atoms with Crippen LogP contribution in [-0.4, -0.2) is 35.0 Å². The monoisotopic (exact) mass is 251 g/mol. The lowest BCUT2D eigenvalue weighted by Gasteiger charge is -2.11. The lowest BCUT2D eigenvalue weighted by Crippen LogP contribution is -2.31. The fourth-order valence-electron chi connectivity index (χ4n) is 1.69. The molecular weight excluding hydrogens is 238 g/mol. The molecule has 0 saturated carbocycles. The molecule has 17 heavy (non-hydrogen) atoms. The number of thioether (sulfide) groups is 1. The molecule has 1 unspecified atom stereocenters. The molecule has 2 rings (SSSR count). The SMILES string of the molecule is CSCCC1NC(=O)N(c2cccnc2)C1=O. The zero-order chi connectivity index (χ0) is 12.3. The van der Waals surface area contributed by atoms with Gasteiger partial charge in [0.25, 0.3) is 5.91 Å². The van der Waals surface area contributed by atoms with Crippen molar-refractivity contribution in [1.29, 1.82) is 0 Å². The number of hydrogen-bond donors (Lipinski definition) is 1. The van der Waals surface area contributed by atoms with E-state index in [0.29, 0.717) is 12.1 Å². The fourth-order valence-corrected chi connectivity index (χ4v) is 2.16. The molecule has 0 aromatic carbocycles. The molecule has 1 aromatic rings. The summed E-state index contributed by atoms with van der Waals surface area (Å²) in [5.74, 6) is 0.648. The first-order valence-electron chi connectivity index (χ1n) is 5.27. The standard InChI is InChI=1S/C11H13N3O2S/c1-17-6-4-9-10(15)14(11(16)13-9)8-3-2-5-12-7-8/h2-3,5,7,9H,4,6H2,1H3,(H,13,16). The number of rotatable bonds is 4. The highest BCUT2D eigenvalue weighted by molar-refractivity contribution is 7.98. The first kappa shape index (κ1) is 11.9. The van der Waals surface area contributed by atoms with Crippen LogP contribution in [0.2, 0.25) is 0 Å². The van der Waals surface area contributed by atoms with Crippen molar-refractivity contribution in [3.8, 4) is 0 Å². The lowest BCUT2D eigenvalue weighted by atomic mass is 10.2. The van der Waals surface area contributed by atoms with Crippen LogP contribution in [0, 0.1) is 0 Å². The average Bonchev–Trinajstić information content (AvgIpc) is 2.63. The number of urea groups is 1. The van der Waals surface area contributed by atoms with E-state index in [4.69, 9.17) is 0 Å². The first-order valence-corrected chi connectivity index (χ1v) is 6.67. The molecule has 2 heterocycles. The number of hydrogen-bond acceptors (Lipinski definition) is 4. The van der Waals surface area contributed by atoms with Crippen LogP contribution >= 0.6 is 11.8 Å². The molecule has 1 saturated heterocycles. The molecule has 0 aliphatic carbocycles. The quantitative estimate of drug-likeness (QED) is 0.818. The molecule has 0 bridgehead atoms. The number of imide groups is 1. The highest BCUT2D eigenvalue weighted by Gasteiger charge is 2.38. The van der Waals surface area contributed by atoms with Crippen LogP contribution in [0.5, 0.6) is 0 Å². The highest BCUT2D eigenvalue weighted by atomic mass is 32.2. The van der Waals surface area contributed by atoms with E-state index in [2.05, 4.69) is 10.3 Å². The van der Waals surface area contributed by atoms with Crippen molar-refractivity contribution in [2.45, 2.75) is 12.5 Å². The first-order chi connectivity index (χ1) is 8.24. The molecule has 1 fully saturated rings. The van der Waals surface area contributed by atoms with Crippen molar-refractivity contribution < 1.29 is 9.59 Å². The second kappa shape index (κ2) is 5.18. The van der Waals surface area contributed by atoms with Gasteiger partial charge in [-0.1, -0.05) is 0 Å². The molecule has 1 aromatic heterocycles. The Labute approximate surface area is 104 Å². The largest absolute Gasteiger partial charge is 0.329 e. The van der Waals surface area contributed by atoms with Crippen LogP contribution < -0.4 is 10.2 Å². The predicted molar refractivity (Wildman–Crippen MR) is 67.0 cm³/mol. The van der Waals surface area contributed by atoms with Gasteiger partial charge in [0, 0.05) is 6.20 Å². The molecule has 1 aliphatic rings. The number of nitrogens with one attached hydrogen (secondary N) is 1. The van der Waals surface area contributed by atoms with E-state index < -0.39 is 6.04 Å².